The van der Waals surface area contributed by atoms with E-state index in [1.807, 2.05) is 0 Å². The Balaban J connectivity index is 2.32. The van der Waals surface area contributed by atoms with E-state index in [1.165, 1.54) is 6.92 Å². The van der Waals surface area contributed by atoms with Gasteiger partial charge in [0, 0.05) is 6.54 Å². The molecule has 18 heavy (non-hydrogen) atoms. The molecule has 1 rings (SSSR count). The molecule has 1 fully saturated rings. The zero-order valence-corrected chi connectivity index (χ0v) is 12.6. The van der Waals surface area contributed by atoms with E-state index in [-0.39, 0.29) is 29.0 Å². The average Bonchev–Trinajstić information content (AvgIpc) is 2.64. The molecule has 1 aliphatic carbocycles. The quantitative estimate of drug-likeness (QED) is 0.751. The minimum Gasteiger partial charge on any atom is -0.355 e. The van der Waals surface area contributed by atoms with Gasteiger partial charge in [-0.1, -0.05) is 27.7 Å². The van der Waals surface area contributed by atoms with Gasteiger partial charge >= 0.3 is 0 Å². The van der Waals surface area contributed by atoms with Crippen molar-refractivity contribution < 1.29 is 13.2 Å². The second kappa shape index (κ2) is 4.81. The first-order valence-electron chi connectivity index (χ1n) is 6.28. The van der Waals surface area contributed by atoms with E-state index >= 15 is 0 Å². The molecular weight excluding hydrogens is 252 g/mol. The zero-order chi connectivity index (χ0) is 14.2. The number of sulfonamides is 1. The van der Waals surface area contributed by atoms with E-state index in [4.69, 9.17) is 0 Å². The van der Waals surface area contributed by atoms with E-state index in [0.29, 0.717) is 12.5 Å². The molecule has 0 aromatic heterocycles. The third kappa shape index (κ3) is 3.03. The Morgan fingerprint density at radius 2 is 1.67 bits per heavy atom. The summed E-state index contributed by atoms with van der Waals surface area (Å²) in [5, 5.41) is 2.79. The third-order valence-corrected chi connectivity index (χ3v) is 6.00. The maximum absolute atomic E-state index is 11.5. The highest BCUT2D eigenvalue weighted by molar-refractivity contribution is 7.89. The van der Waals surface area contributed by atoms with Crippen molar-refractivity contribution in [3.05, 3.63) is 0 Å². The van der Waals surface area contributed by atoms with Crippen molar-refractivity contribution in [2.24, 2.45) is 16.7 Å². The minimum atomic E-state index is -3.29. The molecule has 5 nitrogen and oxygen atoms in total. The normalized spacial score (nSPS) is 21.6. The van der Waals surface area contributed by atoms with E-state index in [0.717, 1.165) is 0 Å². The van der Waals surface area contributed by atoms with Crippen LogP contribution < -0.4 is 10.0 Å². The van der Waals surface area contributed by atoms with Crippen LogP contribution in [0.25, 0.3) is 0 Å². The second-order valence-corrected chi connectivity index (χ2v) is 8.12. The number of hydrogen-bond acceptors (Lipinski definition) is 3. The van der Waals surface area contributed by atoms with Crippen molar-refractivity contribution in [3.8, 4) is 0 Å². The predicted octanol–water partition coefficient (Wildman–Crippen LogP) is 0.724. The van der Waals surface area contributed by atoms with E-state index in [1.54, 1.807) is 0 Å². The Morgan fingerprint density at radius 3 is 2.06 bits per heavy atom. The van der Waals surface area contributed by atoms with Gasteiger partial charge in [0.25, 0.3) is 0 Å². The van der Waals surface area contributed by atoms with Crippen molar-refractivity contribution in [2.75, 3.05) is 18.8 Å². The Morgan fingerprint density at radius 1 is 1.17 bits per heavy atom. The summed E-state index contributed by atoms with van der Waals surface area (Å²) >= 11 is 0. The van der Waals surface area contributed by atoms with Gasteiger partial charge in [-0.3, -0.25) is 4.79 Å². The van der Waals surface area contributed by atoms with Gasteiger partial charge in [-0.25, -0.2) is 13.1 Å². The third-order valence-electron chi connectivity index (χ3n) is 4.66. The number of hydrogen-bond donors (Lipinski definition) is 2. The number of carbonyl (C=O) groups excluding carboxylic acids is 1. The van der Waals surface area contributed by atoms with Crippen LogP contribution in [-0.2, 0) is 14.8 Å². The molecule has 0 unspecified atom stereocenters. The van der Waals surface area contributed by atoms with Gasteiger partial charge in [-0.05, 0) is 23.7 Å². The molecule has 0 bridgehead atoms. The standard InChI is InChI=1S/C12H24N2O3S/c1-6-18(16,17)14-8-10(15)13-7-9-11(2,3)12(9,4)5/h9,14H,6-8H2,1-5H3,(H,13,15). The van der Waals surface area contributed by atoms with Crippen LogP contribution in [0.3, 0.4) is 0 Å². The molecule has 0 aliphatic heterocycles. The molecule has 0 spiro atoms. The molecule has 1 amide bonds. The summed E-state index contributed by atoms with van der Waals surface area (Å²) in [6, 6.07) is 0. The maximum Gasteiger partial charge on any atom is 0.235 e. The first-order chi connectivity index (χ1) is 8.04. The van der Waals surface area contributed by atoms with Gasteiger partial charge in [0.05, 0.1) is 12.3 Å². The summed E-state index contributed by atoms with van der Waals surface area (Å²) in [4.78, 5) is 11.5. The molecule has 0 heterocycles. The number of amides is 1. The molecule has 0 atom stereocenters. The summed E-state index contributed by atoms with van der Waals surface area (Å²) in [5.41, 5.74) is 0.451. The van der Waals surface area contributed by atoms with Gasteiger partial charge in [0.1, 0.15) is 0 Å². The highest BCUT2D eigenvalue weighted by atomic mass is 32.2. The summed E-state index contributed by atoms with van der Waals surface area (Å²) < 4.78 is 24.6. The number of nitrogens with one attached hydrogen (secondary N) is 2. The van der Waals surface area contributed by atoms with Crippen molar-refractivity contribution >= 4 is 15.9 Å². The number of rotatable bonds is 6. The monoisotopic (exact) mass is 276 g/mol. The van der Waals surface area contributed by atoms with Crippen molar-refractivity contribution in [1.29, 1.82) is 0 Å². The van der Waals surface area contributed by atoms with Crippen molar-refractivity contribution in [1.82, 2.24) is 10.0 Å². The minimum absolute atomic E-state index is 0.0109. The predicted molar refractivity (Wildman–Crippen MR) is 71.5 cm³/mol. The van der Waals surface area contributed by atoms with Crippen LogP contribution in [0.1, 0.15) is 34.6 Å². The lowest BCUT2D eigenvalue weighted by atomic mass is 10.0. The summed E-state index contributed by atoms with van der Waals surface area (Å²) in [6.07, 6.45) is 0. The molecule has 0 aromatic carbocycles. The summed E-state index contributed by atoms with van der Waals surface area (Å²) in [6.45, 7) is 10.7. The zero-order valence-electron chi connectivity index (χ0n) is 11.8. The van der Waals surface area contributed by atoms with Crippen LogP contribution in [0.2, 0.25) is 0 Å². The van der Waals surface area contributed by atoms with E-state index in [2.05, 4.69) is 37.7 Å². The van der Waals surface area contributed by atoms with Crippen LogP contribution in [-0.4, -0.2) is 33.2 Å². The van der Waals surface area contributed by atoms with Crippen LogP contribution >= 0.6 is 0 Å². The molecule has 1 saturated carbocycles. The Labute approximate surface area is 110 Å². The molecule has 6 heteroatoms. The number of carbonyl (C=O) groups is 1. The van der Waals surface area contributed by atoms with Crippen molar-refractivity contribution in [3.63, 3.8) is 0 Å². The summed E-state index contributed by atoms with van der Waals surface area (Å²) in [5.74, 6) is 0.158. The summed E-state index contributed by atoms with van der Waals surface area (Å²) in [7, 11) is -3.29. The lowest BCUT2D eigenvalue weighted by Gasteiger charge is -2.07. The van der Waals surface area contributed by atoms with Crippen LogP contribution in [0.15, 0.2) is 0 Å². The highest BCUT2D eigenvalue weighted by Gasteiger charge is 2.64. The Bertz CT molecular complexity index is 413. The van der Waals surface area contributed by atoms with Gasteiger partial charge in [0.15, 0.2) is 0 Å². The van der Waals surface area contributed by atoms with Crippen molar-refractivity contribution in [2.45, 2.75) is 34.6 Å². The van der Waals surface area contributed by atoms with Gasteiger partial charge in [0.2, 0.25) is 15.9 Å². The molecule has 0 saturated heterocycles. The highest BCUT2D eigenvalue weighted by Crippen LogP contribution is 2.67. The van der Waals surface area contributed by atoms with Crippen LogP contribution in [0.5, 0.6) is 0 Å². The van der Waals surface area contributed by atoms with Gasteiger partial charge in [-0.15, -0.1) is 0 Å². The Kier molecular flexibility index (Phi) is 4.13. The molecule has 106 valence electrons. The topological polar surface area (TPSA) is 75.3 Å². The second-order valence-electron chi connectivity index (χ2n) is 6.02. The molecule has 2 N–H and O–H groups in total. The Hall–Kier alpha value is -0.620. The first kappa shape index (κ1) is 15.4. The average molecular weight is 276 g/mol. The fourth-order valence-electron chi connectivity index (χ4n) is 2.40. The fourth-order valence-corrected chi connectivity index (χ4v) is 2.95. The first-order valence-corrected chi connectivity index (χ1v) is 7.94. The molecule has 0 aromatic rings. The van der Waals surface area contributed by atoms with Crippen LogP contribution in [0.4, 0.5) is 0 Å². The largest absolute Gasteiger partial charge is 0.355 e. The maximum atomic E-state index is 11.5. The SMILES string of the molecule is CCS(=O)(=O)NCC(=O)NCC1C(C)(C)C1(C)C. The fraction of sp³-hybridized carbons (Fsp3) is 0.917. The van der Waals surface area contributed by atoms with E-state index in [9.17, 15) is 13.2 Å². The van der Waals surface area contributed by atoms with E-state index < -0.39 is 10.0 Å². The van der Waals surface area contributed by atoms with Gasteiger partial charge < -0.3 is 5.32 Å². The van der Waals surface area contributed by atoms with Crippen LogP contribution in [0, 0.1) is 16.7 Å². The van der Waals surface area contributed by atoms with Gasteiger partial charge in [-0.2, -0.15) is 0 Å². The molecular formula is C12H24N2O3S. The lowest BCUT2D eigenvalue weighted by Crippen LogP contribution is -2.38. The molecule has 0 radical (unpaired) electrons. The smallest absolute Gasteiger partial charge is 0.235 e. The molecule has 1 aliphatic rings. The lowest BCUT2D eigenvalue weighted by molar-refractivity contribution is -0.120.